The van der Waals surface area contributed by atoms with Crippen LogP contribution in [0.1, 0.15) is 23.0 Å². The van der Waals surface area contributed by atoms with Crippen molar-refractivity contribution in [2.45, 2.75) is 19.4 Å². The van der Waals surface area contributed by atoms with E-state index >= 15 is 0 Å². The molecule has 2 aromatic rings. The van der Waals surface area contributed by atoms with Gasteiger partial charge >= 0.3 is 5.97 Å². The lowest BCUT2D eigenvalue weighted by molar-refractivity contribution is 0.0690. The van der Waals surface area contributed by atoms with E-state index in [1.807, 2.05) is 26.4 Å². The molecular formula is C13H16N4O2. The number of anilines is 1. The van der Waals surface area contributed by atoms with Gasteiger partial charge in [0.25, 0.3) is 0 Å². The number of pyridine rings is 1. The monoisotopic (exact) mass is 260 g/mol. The van der Waals surface area contributed by atoms with Crippen molar-refractivity contribution >= 4 is 11.8 Å². The molecule has 2 N–H and O–H groups in total. The van der Waals surface area contributed by atoms with Crippen molar-refractivity contribution in [2.75, 3.05) is 5.32 Å². The molecule has 19 heavy (non-hydrogen) atoms. The second-order valence-corrected chi connectivity index (χ2v) is 4.48. The fourth-order valence-electron chi connectivity index (χ4n) is 1.87. The van der Waals surface area contributed by atoms with Crippen LogP contribution in [0.5, 0.6) is 0 Å². The summed E-state index contributed by atoms with van der Waals surface area (Å²) in [6, 6.07) is 5.04. The minimum atomic E-state index is -1.02. The molecule has 100 valence electrons. The second-order valence-electron chi connectivity index (χ2n) is 4.48. The van der Waals surface area contributed by atoms with E-state index in [2.05, 4.69) is 15.4 Å². The fourth-order valence-corrected chi connectivity index (χ4v) is 1.87. The summed E-state index contributed by atoms with van der Waals surface area (Å²) in [5, 5.41) is 16.2. The zero-order chi connectivity index (χ0) is 13.8. The summed E-state index contributed by atoms with van der Waals surface area (Å²) in [6.45, 7) is 2.02. The Bertz CT molecular complexity index is 580. The van der Waals surface area contributed by atoms with E-state index in [4.69, 9.17) is 5.11 Å². The lowest BCUT2D eigenvalue weighted by Crippen LogP contribution is -2.19. The molecule has 0 aliphatic heterocycles. The molecule has 1 atom stereocenters. The molecule has 0 aromatic carbocycles. The normalized spacial score (nSPS) is 12.1. The Hall–Kier alpha value is -2.37. The summed E-state index contributed by atoms with van der Waals surface area (Å²) in [5.41, 5.74) is 1.16. The molecule has 0 saturated heterocycles. The highest BCUT2D eigenvalue weighted by molar-refractivity contribution is 5.85. The average Bonchev–Trinajstić information content (AvgIpc) is 2.74. The van der Waals surface area contributed by atoms with Crippen LogP contribution in [0.4, 0.5) is 5.82 Å². The van der Waals surface area contributed by atoms with Gasteiger partial charge in [0.15, 0.2) is 5.69 Å². The van der Waals surface area contributed by atoms with Gasteiger partial charge in [-0.2, -0.15) is 5.10 Å². The number of nitrogens with zero attached hydrogens (tertiary/aromatic N) is 3. The molecule has 0 fully saturated rings. The average molecular weight is 260 g/mol. The first-order valence-corrected chi connectivity index (χ1v) is 5.99. The van der Waals surface area contributed by atoms with E-state index < -0.39 is 5.97 Å². The Labute approximate surface area is 111 Å². The van der Waals surface area contributed by atoms with Gasteiger partial charge in [0, 0.05) is 19.3 Å². The van der Waals surface area contributed by atoms with Crippen LogP contribution in [0.3, 0.4) is 0 Å². The summed E-state index contributed by atoms with van der Waals surface area (Å²) >= 11 is 0. The first-order chi connectivity index (χ1) is 9.04. The van der Waals surface area contributed by atoms with E-state index in [1.165, 1.54) is 6.07 Å². The number of carboxylic acids is 1. The minimum absolute atomic E-state index is 0.0403. The predicted octanol–water partition coefficient (Wildman–Crippen LogP) is 1.56. The van der Waals surface area contributed by atoms with Crippen molar-refractivity contribution in [1.29, 1.82) is 0 Å². The van der Waals surface area contributed by atoms with Crippen molar-refractivity contribution in [3.8, 4) is 0 Å². The summed E-state index contributed by atoms with van der Waals surface area (Å²) in [7, 11) is 1.87. The smallest absolute Gasteiger partial charge is 0.354 e. The van der Waals surface area contributed by atoms with Gasteiger partial charge in [-0.25, -0.2) is 9.78 Å². The molecule has 2 rings (SSSR count). The van der Waals surface area contributed by atoms with Crippen LogP contribution >= 0.6 is 0 Å². The molecule has 0 bridgehead atoms. The molecule has 0 spiro atoms. The van der Waals surface area contributed by atoms with Crippen molar-refractivity contribution in [1.82, 2.24) is 14.8 Å². The lowest BCUT2D eigenvalue weighted by atomic mass is 10.1. The van der Waals surface area contributed by atoms with E-state index in [1.54, 1.807) is 16.8 Å². The third kappa shape index (κ3) is 3.54. The predicted molar refractivity (Wildman–Crippen MR) is 71.2 cm³/mol. The van der Waals surface area contributed by atoms with Crippen LogP contribution in [0.25, 0.3) is 0 Å². The molecule has 0 aliphatic rings. The largest absolute Gasteiger partial charge is 0.477 e. The molecule has 0 aliphatic carbocycles. The lowest BCUT2D eigenvalue weighted by Gasteiger charge is -2.13. The number of hydrogen-bond donors (Lipinski definition) is 2. The molecule has 0 radical (unpaired) electrons. The number of aryl methyl sites for hydroxylation is 1. The van der Waals surface area contributed by atoms with E-state index in [0.29, 0.717) is 5.82 Å². The number of hydrogen-bond acceptors (Lipinski definition) is 4. The third-order valence-corrected chi connectivity index (χ3v) is 2.66. The first-order valence-electron chi connectivity index (χ1n) is 5.99. The summed E-state index contributed by atoms with van der Waals surface area (Å²) < 4.78 is 1.76. The zero-order valence-corrected chi connectivity index (χ0v) is 10.9. The van der Waals surface area contributed by atoms with Gasteiger partial charge in [-0.3, -0.25) is 4.68 Å². The Balaban J connectivity index is 2.00. The highest BCUT2D eigenvalue weighted by Gasteiger charge is 2.08. The van der Waals surface area contributed by atoms with Crippen molar-refractivity contribution in [2.24, 2.45) is 7.05 Å². The second kappa shape index (κ2) is 5.51. The van der Waals surface area contributed by atoms with E-state index in [9.17, 15) is 4.79 Å². The Kier molecular flexibility index (Phi) is 3.79. The van der Waals surface area contributed by atoms with Crippen LogP contribution in [0.15, 0.2) is 30.6 Å². The molecule has 1 unspecified atom stereocenters. The van der Waals surface area contributed by atoms with Gasteiger partial charge in [0.1, 0.15) is 5.82 Å². The number of nitrogens with one attached hydrogen (secondary N) is 1. The Morgan fingerprint density at radius 1 is 1.53 bits per heavy atom. The molecule has 2 aromatic heterocycles. The minimum Gasteiger partial charge on any atom is -0.477 e. The number of carboxylic acid groups (broad SMARTS) is 1. The topological polar surface area (TPSA) is 80.0 Å². The standard InChI is InChI=1S/C13H16N4O2/c1-9(6-10-7-14-17(2)8-10)15-12-5-3-4-11(16-12)13(18)19/h3-5,7-9H,6H2,1-2H3,(H,15,16)(H,18,19). The van der Waals surface area contributed by atoms with Crippen LogP contribution in [0.2, 0.25) is 0 Å². The van der Waals surface area contributed by atoms with E-state index in [-0.39, 0.29) is 11.7 Å². The van der Waals surface area contributed by atoms with Crippen LogP contribution in [-0.2, 0) is 13.5 Å². The molecule has 2 heterocycles. The zero-order valence-electron chi connectivity index (χ0n) is 10.9. The Morgan fingerprint density at radius 3 is 2.95 bits per heavy atom. The molecular weight excluding hydrogens is 244 g/mol. The van der Waals surface area contributed by atoms with Crippen molar-refractivity contribution in [3.05, 3.63) is 41.9 Å². The highest BCUT2D eigenvalue weighted by Crippen LogP contribution is 2.09. The number of carbonyl (C=O) groups is 1. The molecule has 6 heteroatoms. The van der Waals surface area contributed by atoms with Crippen molar-refractivity contribution < 1.29 is 9.90 Å². The number of rotatable bonds is 5. The number of aromatic nitrogens is 3. The molecule has 6 nitrogen and oxygen atoms in total. The quantitative estimate of drug-likeness (QED) is 0.852. The Morgan fingerprint density at radius 2 is 2.32 bits per heavy atom. The van der Waals surface area contributed by atoms with Crippen LogP contribution in [-0.4, -0.2) is 31.9 Å². The maximum absolute atomic E-state index is 10.8. The van der Waals surface area contributed by atoms with Gasteiger partial charge in [0.2, 0.25) is 0 Å². The maximum atomic E-state index is 10.8. The number of aromatic carboxylic acids is 1. The van der Waals surface area contributed by atoms with Gasteiger partial charge in [-0.05, 0) is 31.0 Å². The van der Waals surface area contributed by atoms with Crippen molar-refractivity contribution in [3.63, 3.8) is 0 Å². The fraction of sp³-hybridized carbons (Fsp3) is 0.308. The van der Waals surface area contributed by atoms with Crippen LogP contribution < -0.4 is 5.32 Å². The van der Waals surface area contributed by atoms with Gasteiger partial charge in [-0.1, -0.05) is 6.07 Å². The summed E-state index contributed by atoms with van der Waals surface area (Å²) in [5.74, 6) is -0.458. The maximum Gasteiger partial charge on any atom is 0.354 e. The van der Waals surface area contributed by atoms with Crippen LogP contribution in [0, 0.1) is 0 Å². The molecule has 0 saturated carbocycles. The van der Waals surface area contributed by atoms with E-state index in [0.717, 1.165) is 12.0 Å². The van der Waals surface area contributed by atoms with Gasteiger partial charge in [0.05, 0.1) is 6.20 Å². The first kappa shape index (κ1) is 13.1. The van der Waals surface area contributed by atoms with Gasteiger partial charge < -0.3 is 10.4 Å². The SMILES string of the molecule is CC(Cc1cnn(C)c1)Nc1cccc(C(=O)O)n1. The summed E-state index contributed by atoms with van der Waals surface area (Å²) in [4.78, 5) is 14.9. The third-order valence-electron chi connectivity index (χ3n) is 2.66. The van der Waals surface area contributed by atoms with Gasteiger partial charge in [-0.15, -0.1) is 0 Å². The summed E-state index contributed by atoms with van der Waals surface area (Å²) in [6.07, 6.45) is 4.57. The highest BCUT2D eigenvalue weighted by atomic mass is 16.4. The molecule has 0 amide bonds.